The third-order valence-corrected chi connectivity index (χ3v) is 4.31. The van der Waals surface area contributed by atoms with E-state index in [0.29, 0.717) is 24.7 Å². The van der Waals surface area contributed by atoms with Gasteiger partial charge in [-0.1, -0.05) is 37.3 Å². The topological polar surface area (TPSA) is 20.3 Å². The normalized spacial score (nSPS) is 18.3. The van der Waals surface area contributed by atoms with Gasteiger partial charge in [0, 0.05) is 13.1 Å². The first kappa shape index (κ1) is 16.8. The number of rotatable bonds is 4. The van der Waals surface area contributed by atoms with Gasteiger partial charge in [0.05, 0.1) is 0 Å². The lowest BCUT2D eigenvalue weighted by molar-refractivity contribution is -0.186. The van der Waals surface area contributed by atoms with Crippen LogP contribution in [0.1, 0.15) is 31.7 Å². The van der Waals surface area contributed by atoms with E-state index in [-0.39, 0.29) is 13.1 Å². The molecule has 0 spiro atoms. The molecule has 22 heavy (non-hydrogen) atoms. The molecule has 5 heteroatoms. The molecule has 1 aliphatic heterocycles. The number of hydrogen-bond donors (Lipinski definition) is 0. The van der Waals surface area contributed by atoms with Gasteiger partial charge in [0.1, 0.15) is 0 Å². The highest BCUT2D eigenvalue weighted by molar-refractivity contribution is 5.81. The second-order valence-electron chi connectivity index (χ2n) is 6.26. The van der Waals surface area contributed by atoms with E-state index in [2.05, 4.69) is 19.1 Å². The first-order valence-corrected chi connectivity index (χ1v) is 7.76. The van der Waals surface area contributed by atoms with E-state index in [9.17, 15) is 18.0 Å². The van der Waals surface area contributed by atoms with Crippen molar-refractivity contribution in [2.45, 2.75) is 38.8 Å². The highest BCUT2D eigenvalue weighted by atomic mass is 19.4. The summed E-state index contributed by atoms with van der Waals surface area (Å²) in [5.41, 5.74) is 1.29. The maximum absolute atomic E-state index is 12.4. The molecule has 0 saturated carbocycles. The van der Waals surface area contributed by atoms with Crippen LogP contribution in [0.2, 0.25) is 0 Å². The second kappa shape index (κ2) is 7.16. The Morgan fingerprint density at radius 3 is 2.36 bits per heavy atom. The second-order valence-corrected chi connectivity index (χ2v) is 6.26. The average molecular weight is 313 g/mol. The summed E-state index contributed by atoms with van der Waals surface area (Å²) in [5, 5.41) is 0. The minimum absolute atomic E-state index is 0.223. The van der Waals surface area contributed by atoms with Crippen LogP contribution in [0.5, 0.6) is 0 Å². The monoisotopic (exact) mass is 313 g/mol. The molecule has 2 nitrogen and oxygen atoms in total. The van der Waals surface area contributed by atoms with Crippen LogP contribution in [0, 0.1) is 11.8 Å². The van der Waals surface area contributed by atoms with Gasteiger partial charge in [-0.05, 0) is 43.1 Å². The molecular weight excluding hydrogens is 291 g/mol. The van der Waals surface area contributed by atoms with Gasteiger partial charge in [-0.25, -0.2) is 0 Å². The Hall–Kier alpha value is -1.52. The molecule has 0 bridgehead atoms. The quantitative estimate of drug-likeness (QED) is 0.821. The van der Waals surface area contributed by atoms with E-state index in [0.717, 1.165) is 17.7 Å². The number of likely N-dealkylation sites (tertiary alicyclic amines) is 1. The van der Waals surface area contributed by atoms with Gasteiger partial charge in [0.15, 0.2) is 0 Å². The van der Waals surface area contributed by atoms with E-state index in [1.54, 1.807) is 0 Å². The molecule has 1 saturated heterocycles. The largest absolute Gasteiger partial charge is 0.471 e. The number of alkyl halides is 3. The predicted molar refractivity (Wildman–Crippen MR) is 79.3 cm³/mol. The fourth-order valence-electron chi connectivity index (χ4n) is 3.22. The van der Waals surface area contributed by atoms with Crippen LogP contribution in [0.25, 0.3) is 0 Å². The van der Waals surface area contributed by atoms with E-state index >= 15 is 0 Å². The van der Waals surface area contributed by atoms with Crippen LogP contribution >= 0.6 is 0 Å². The van der Waals surface area contributed by atoms with Gasteiger partial charge in [-0.15, -0.1) is 0 Å². The Morgan fingerprint density at radius 2 is 1.82 bits per heavy atom. The number of nitrogens with zero attached hydrogens (tertiary/aromatic N) is 1. The molecule has 0 radical (unpaired) electrons. The van der Waals surface area contributed by atoms with Crippen LogP contribution in [0.4, 0.5) is 13.2 Å². The summed E-state index contributed by atoms with van der Waals surface area (Å²) in [6, 6.07) is 10.2. The Morgan fingerprint density at radius 1 is 1.23 bits per heavy atom. The van der Waals surface area contributed by atoms with Crippen molar-refractivity contribution in [2.24, 2.45) is 11.8 Å². The number of benzene rings is 1. The number of halogens is 3. The number of carbonyl (C=O) groups is 1. The molecule has 1 aromatic rings. The number of carbonyl (C=O) groups excluding carboxylic acids is 1. The zero-order valence-electron chi connectivity index (χ0n) is 12.8. The molecule has 1 fully saturated rings. The highest BCUT2D eigenvalue weighted by Crippen LogP contribution is 2.28. The lowest BCUT2D eigenvalue weighted by Crippen LogP contribution is -2.45. The Bertz CT molecular complexity index is 478. The van der Waals surface area contributed by atoms with E-state index in [4.69, 9.17) is 0 Å². The molecular formula is C17H22F3NO. The van der Waals surface area contributed by atoms with Crippen LogP contribution in [0.3, 0.4) is 0 Å². The zero-order valence-corrected chi connectivity index (χ0v) is 12.8. The van der Waals surface area contributed by atoms with Gasteiger partial charge in [0.2, 0.25) is 0 Å². The van der Waals surface area contributed by atoms with Gasteiger partial charge in [0.25, 0.3) is 0 Å². The van der Waals surface area contributed by atoms with E-state index in [1.807, 2.05) is 18.2 Å². The molecule has 1 amide bonds. The zero-order chi connectivity index (χ0) is 16.2. The first-order chi connectivity index (χ1) is 10.4. The number of piperidine rings is 1. The maximum Gasteiger partial charge on any atom is 0.471 e. The smallest absolute Gasteiger partial charge is 0.335 e. The van der Waals surface area contributed by atoms with Crippen molar-refractivity contribution in [3.05, 3.63) is 35.9 Å². The summed E-state index contributed by atoms with van der Waals surface area (Å²) >= 11 is 0. The first-order valence-electron chi connectivity index (χ1n) is 7.76. The summed E-state index contributed by atoms with van der Waals surface area (Å²) < 4.78 is 37.2. The van der Waals surface area contributed by atoms with E-state index < -0.39 is 12.1 Å². The Kier molecular flexibility index (Phi) is 5.48. The molecule has 2 rings (SSSR count). The summed E-state index contributed by atoms with van der Waals surface area (Å²) in [4.78, 5) is 12.1. The third kappa shape index (κ3) is 4.75. The summed E-state index contributed by atoms with van der Waals surface area (Å²) in [5.74, 6) is -0.781. The molecule has 0 N–H and O–H groups in total. The molecule has 0 aromatic heterocycles. The predicted octanol–water partition coefficient (Wildman–Crippen LogP) is 4.06. The van der Waals surface area contributed by atoms with Gasteiger partial charge < -0.3 is 4.90 Å². The Labute approximate surface area is 129 Å². The Balaban J connectivity index is 1.76. The summed E-state index contributed by atoms with van der Waals surface area (Å²) in [6.07, 6.45) is -1.42. The lowest BCUT2D eigenvalue weighted by atomic mass is 9.85. The number of hydrogen-bond acceptors (Lipinski definition) is 1. The molecule has 1 atom stereocenters. The number of amides is 1. The van der Waals surface area contributed by atoms with E-state index in [1.165, 1.54) is 5.56 Å². The molecule has 1 heterocycles. The summed E-state index contributed by atoms with van der Waals surface area (Å²) in [7, 11) is 0. The fraction of sp³-hybridized carbons (Fsp3) is 0.588. The molecule has 0 aliphatic carbocycles. The van der Waals surface area contributed by atoms with Gasteiger partial charge in [-0.2, -0.15) is 13.2 Å². The summed E-state index contributed by atoms with van der Waals surface area (Å²) in [6.45, 7) is 2.63. The molecule has 1 aromatic carbocycles. The van der Waals surface area contributed by atoms with Crippen molar-refractivity contribution in [1.82, 2.24) is 4.90 Å². The average Bonchev–Trinajstić information content (AvgIpc) is 2.47. The minimum atomic E-state index is -4.74. The third-order valence-electron chi connectivity index (χ3n) is 4.31. The van der Waals surface area contributed by atoms with Crippen molar-refractivity contribution in [1.29, 1.82) is 0 Å². The van der Waals surface area contributed by atoms with Crippen LogP contribution in [0.15, 0.2) is 30.3 Å². The van der Waals surface area contributed by atoms with Crippen LogP contribution in [-0.4, -0.2) is 30.1 Å². The maximum atomic E-state index is 12.4. The standard InChI is InChI=1S/C17H22F3NO/c1-13(11-14-5-3-2-4-6-14)12-15-7-9-21(10-8-15)16(22)17(18,19)20/h2-6,13,15H,7-12H2,1H3/t13-/m1/s1. The van der Waals surface area contributed by atoms with Gasteiger partial charge >= 0.3 is 12.1 Å². The highest BCUT2D eigenvalue weighted by Gasteiger charge is 2.43. The van der Waals surface area contributed by atoms with Crippen molar-refractivity contribution in [3.8, 4) is 0 Å². The van der Waals surface area contributed by atoms with Crippen molar-refractivity contribution < 1.29 is 18.0 Å². The van der Waals surface area contributed by atoms with Crippen molar-refractivity contribution in [2.75, 3.05) is 13.1 Å². The van der Waals surface area contributed by atoms with Crippen molar-refractivity contribution >= 4 is 5.91 Å². The molecule has 122 valence electrons. The molecule has 0 unspecified atom stereocenters. The minimum Gasteiger partial charge on any atom is -0.335 e. The van der Waals surface area contributed by atoms with Crippen LogP contribution in [-0.2, 0) is 11.2 Å². The fourth-order valence-corrected chi connectivity index (χ4v) is 3.22. The van der Waals surface area contributed by atoms with Crippen LogP contribution < -0.4 is 0 Å². The van der Waals surface area contributed by atoms with Gasteiger partial charge in [-0.3, -0.25) is 4.79 Å². The van der Waals surface area contributed by atoms with Crippen molar-refractivity contribution in [3.63, 3.8) is 0 Å². The SMILES string of the molecule is C[C@H](Cc1ccccc1)CC1CCN(C(=O)C(F)(F)F)CC1. The lowest BCUT2D eigenvalue weighted by Gasteiger charge is -2.33. The molecule has 1 aliphatic rings.